The minimum Gasteiger partial charge on any atom is -0.480 e. The van der Waals surface area contributed by atoms with E-state index in [9.17, 15) is 9.59 Å². The predicted molar refractivity (Wildman–Crippen MR) is 69.1 cm³/mol. The second kappa shape index (κ2) is 8.16. The topological polar surface area (TPSA) is 114 Å². The average Bonchev–Trinajstić information content (AvgIpc) is 2.81. The number of amides is 2. The molecule has 1 atom stereocenters. The van der Waals surface area contributed by atoms with Crippen molar-refractivity contribution in [3.05, 3.63) is 17.5 Å². The molecule has 8 nitrogen and oxygen atoms in total. The number of nitrogens with one attached hydrogen (secondary N) is 2. The number of carboxylic acids is 1. The van der Waals surface area contributed by atoms with E-state index in [-0.39, 0.29) is 6.54 Å². The van der Waals surface area contributed by atoms with Crippen molar-refractivity contribution >= 4 is 12.0 Å². The molecule has 1 aromatic rings. The van der Waals surface area contributed by atoms with E-state index in [2.05, 4.69) is 15.8 Å². The molecule has 1 rings (SSSR count). The molecule has 8 heteroatoms. The predicted octanol–water partition coefficient (Wildman–Crippen LogP) is 0.662. The highest BCUT2D eigenvalue weighted by Gasteiger charge is 2.19. The van der Waals surface area contributed by atoms with E-state index >= 15 is 0 Å². The molecule has 0 aromatic carbocycles. The Morgan fingerprint density at radius 3 is 2.85 bits per heavy atom. The third-order valence-electron chi connectivity index (χ3n) is 2.54. The van der Waals surface area contributed by atoms with Crippen LogP contribution in [0, 0.1) is 6.92 Å². The van der Waals surface area contributed by atoms with Crippen molar-refractivity contribution in [1.82, 2.24) is 15.8 Å². The van der Waals surface area contributed by atoms with Crippen LogP contribution in [0.25, 0.3) is 0 Å². The number of rotatable bonds is 8. The molecule has 0 spiro atoms. The molecule has 2 amide bonds. The summed E-state index contributed by atoms with van der Waals surface area (Å²) in [5.41, 5.74) is 0.713. The second-order valence-corrected chi connectivity index (χ2v) is 4.29. The molecule has 0 aliphatic rings. The van der Waals surface area contributed by atoms with E-state index in [0.29, 0.717) is 30.9 Å². The third kappa shape index (κ3) is 5.70. The quantitative estimate of drug-likeness (QED) is 0.605. The van der Waals surface area contributed by atoms with Crippen LogP contribution in [0.3, 0.4) is 0 Å². The fourth-order valence-corrected chi connectivity index (χ4v) is 1.57. The van der Waals surface area contributed by atoms with Crippen molar-refractivity contribution in [2.75, 3.05) is 13.7 Å². The van der Waals surface area contributed by atoms with Crippen LogP contribution in [0.1, 0.15) is 24.3 Å². The summed E-state index contributed by atoms with van der Waals surface area (Å²) in [6, 6.07) is 0.179. The normalized spacial score (nSPS) is 11.9. The number of urea groups is 1. The van der Waals surface area contributed by atoms with Gasteiger partial charge in [0.1, 0.15) is 6.04 Å². The molecular formula is C12H19N3O5. The number of nitrogens with zero attached hydrogens (tertiary/aromatic N) is 1. The van der Waals surface area contributed by atoms with Crippen molar-refractivity contribution in [1.29, 1.82) is 0 Å². The van der Waals surface area contributed by atoms with Crippen molar-refractivity contribution in [2.45, 2.75) is 32.4 Å². The number of carbonyl (C=O) groups excluding carboxylic acids is 1. The lowest BCUT2D eigenvalue weighted by atomic mass is 10.1. The number of carbonyl (C=O) groups is 2. The van der Waals surface area contributed by atoms with Crippen LogP contribution >= 0.6 is 0 Å². The minimum absolute atomic E-state index is 0.150. The maximum Gasteiger partial charge on any atom is 0.326 e. The van der Waals surface area contributed by atoms with Gasteiger partial charge < -0.3 is 25.0 Å². The van der Waals surface area contributed by atoms with Crippen LogP contribution in [0.5, 0.6) is 0 Å². The highest BCUT2D eigenvalue weighted by atomic mass is 16.5. The first-order chi connectivity index (χ1) is 9.52. The van der Waals surface area contributed by atoms with E-state index in [4.69, 9.17) is 14.4 Å². The number of hydrogen-bond acceptors (Lipinski definition) is 5. The number of aryl methyl sites for hydroxylation is 1. The first-order valence-electron chi connectivity index (χ1n) is 6.21. The Balaban J connectivity index is 2.35. The zero-order valence-electron chi connectivity index (χ0n) is 11.5. The van der Waals surface area contributed by atoms with Gasteiger partial charge in [-0.25, -0.2) is 9.59 Å². The number of aliphatic carboxylic acids is 1. The Kier molecular flexibility index (Phi) is 6.51. The Labute approximate surface area is 116 Å². The van der Waals surface area contributed by atoms with Crippen LogP contribution in [0.2, 0.25) is 0 Å². The van der Waals surface area contributed by atoms with Crippen LogP contribution in [-0.4, -0.2) is 42.0 Å². The number of hydrogen-bond donors (Lipinski definition) is 3. The molecule has 1 heterocycles. The Morgan fingerprint density at radius 2 is 2.30 bits per heavy atom. The Hall–Kier alpha value is -2.09. The van der Waals surface area contributed by atoms with Gasteiger partial charge >= 0.3 is 12.0 Å². The lowest BCUT2D eigenvalue weighted by molar-refractivity contribution is -0.139. The molecule has 0 bridgehead atoms. The zero-order chi connectivity index (χ0) is 15.0. The monoisotopic (exact) mass is 285 g/mol. The highest BCUT2D eigenvalue weighted by Crippen LogP contribution is 2.01. The summed E-state index contributed by atoms with van der Waals surface area (Å²) in [5, 5.41) is 17.6. The molecule has 0 saturated carbocycles. The molecular weight excluding hydrogens is 266 g/mol. The second-order valence-electron chi connectivity index (χ2n) is 4.29. The van der Waals surface area contributed by atoms with Gasteiger partial charge in [0.15, 0.2) is 5.76 Å². The van der Waals surface area contributed by atoms with E-state index in [0.717, 1.165) is 0 Å². The summed E-state index contributed by atoms with van der Waals surface area (Å²) < 4.78 is 9.77. The molecule has 1 unspecified atom stereocenters. The van der Waals surface area contributed by atoms with Gasteiger partial charge in [0.25, 0.3) is 0 Å². The fraction of sp³-hybridized carbons (Fsp3) is 0.583. The number of methoxy groups -OCH3 is 1. The molecule has 3 N–H and O–H groups in total. The first kappa shape index (κ1) is 16.0. The van der Waals surface area contributed by atoms with Crippen LogP contribution in [0.4, 0.5) is 4.79 Å². The number of aromatic nitrogens is 1. The van der Waals surface area contributed by atoms with E-state index < -0.39 is 18.0 Å². The molecule has 0 radical (unpaired) electrons. The summed E-state index contributed by atoms with van der Waals surface area (Å²) in [7, 11) is 1.54. The van der Waals surface area contributed by atoms with Crippen molar-refractivity contribution < 1.29 is 24.0 Å². The summed E-state index contributed by atoms with van der Waals surface area (Å²) in [6.07, 6.45) is 0.854. The van der Waals surface area contributed by atoms with Gasteiger partial charge in [-0.05, 0) is 19.8 Å². The van der Waals surface area contributed by atoms with Gasteiger partial charge in [0.05, 0.1) is 12.2 Å². The number of carboxylic acid groups (broad SMARTS) is 1. The summed E-state index contributed by atoms with van der Waals surface area (Å²) in [4.78, 5) is 22.6. The molecule has 20 heavy (non-hydrogen) atoms. The third-order valence-corrected chi connectivity index (χ3v) is 2.54. The van der Waals surface area contributed by atoms with E-state index in [1.54, 1.807) is 13.0 Å². The SMILES string of the molecule is COCCCC(NC(=O)NCc1cc(C)no1)C(=O)O. The van der Waals surface area contributed by atoms with Gasteiger partial charge in [-0.2, -0.15) is 0 Å². The molecule has 0 aliphatic heterocycles. The number of ether oxygens (including phenoxy) is 1. The highest BCUT2D eigenvalue weighted by molar-refractivity contribution is 5.82. The van der Waals surface area contributed by atoms with Gasteiger partial charge in [0, 0.05) is 19.8 Å². The summed E-state index contributed by atoms with van der Waals surface area (Å²) in [5.74, 6) is -0.573. The summed E-state index contributed by atoms with van der Waals surface area (Å²) in [6.45, 7) is 2.37. The van der Waals surface area contributed by atoms with E-state index in [1.165, 1.54) is 7.11 Å². The van der Waals surface area contributed by atoms with Gasteiger partial charge in [0.2, 0.25) is 0 Å². The lowest BCUT2D eigenvalue weighted by Gasteiger charge is -2.14. The Morgan fingerprint density at radius 1 is 1.55 bits per heavy atom. The Bertz CT molecular complexity index is 446. The maximum atomic E-state index is 11.6. The summed E-state index contributed by atoms with van der Waals surface area (Å²) >= 11 is 0. The molecule has 1 aromatic heterocycles. The van der Waals surface area contributed by atoms with Crippen LogP contribution in [0.15, 0.2) is 10.6 Å². The van der Waals surface area contributed by atoms with Gasteiger partial charge in [-0.3, -0.25) is 0 Å². The minimum atomic E-state index is -1.08. The van der Waals surface area contributed by atoms with E-state index in [1.807, 2.05) is 0 Å². The van der Waals surface area contributed by atoms with Crippen LogP contribution < -0.4 is 10.6 Å². The maximum absolute atomic E-state index is 11.6. The smallest absolute Gasteiger partial charge is 0.326 e. The van der Waals surface area contributed by atoms with Crippen LogP contribution in [-0.2, 0) is 16.1 Å². The lowest BCUT2D eigenvalue weighted by Crippen LogP contribution is -2.45. The average molecular weight is 285 g/mol. The fourth-order valence-electron chi connectivity index (χ4n) is 1.57. The first-order valence-corrected chi connectivity index (χ1v) is 6.21. The zero-order valence-corrected chi connectivity index (χ0v) is 11.5. The molecule has 0 saturated heterocycles. The van der Waals surface area contributed by atoms with Gasteiger partial charge in [-0.15, -0.1) is 0 Å². The van der Waals surface area contributed by atoms with Crippen molar-refractivity contribution in [2.24, 2.45) is 0 Å². The molecule has 112 valence electrons. The molecule has 0 aliphatic carbocycles. The van der Waals surface area contributed by atoms with Crippen molar-refractivity contribution in [3.63, 3.8) is 0 Å². The molecule has 0 fully saturated rings. The van der Waals surface area contributed by atoms with Crippen molar-refractivity contribution in [3.8, 4) is 0 Å². The van der Waals surface area contributed by atoms with Gasteiger partial charge in [-0.1, -0.05) is 5.16 Å². The largest absolute Gasteiger partial charge is 0.480 e. The standard InChI is InChI=1S/C12H19N3O5/c1-8-6-9(20-15-8)7-13-12(18)14-10(11(16)17)4-3-5-19-2/h6,10H,3-5,7H2,1-2H3,(H,16,17)(H2,13,14,18).